The quantitative estimate of drug-likeness (QED) is 0.908. The SMILES string of the molecule is CC1CCN(C(=O)Nc2ccccc2Cc2ccccc2)CC1O. The van der Waals surface area contributed by atoms with Crippen molar-refractivity contribution in [2.24, 2.45) is 5.92 Å². The van der Waals surface area contributed by atoms with Gasteiger partial charge in [-0.15, -0.1) is 0 Å². The fourth-order valence-corrected chi connectivity index (χ4v) is 3.04. The summed E-state index contributed by atoms with van der Waals surface area (Å²) in [7, 11) is 0. The molecule has 0 radical (unpaired) electrons. The maximum atomic E-state index is 12.5. The van der Waals surface area contributed by atoms with Gasteiger partial charge in [0.2, 0.25) is 0 Å². The zero-order valence-corrected chi connectivity index (χ0v) is 14.0. The summed E-state index contributed by atoms with van der Waals surface area (Å²) in [4.78, 5) is 14.2. The first-order chi connectivity index (χ1) is 11.6. The second kappa shape index (κ2) is 7.49. The van der Waals surface area contributed by atoms with E-state index >= 15 is 0 Å². The summed E-state index contributed by atoms with van der Waals surface area (Å²) in [6.45, 7) is 3.10. The Bertz CT molecular complexity index is 687. The molecule has 2 amide bonds. The Morgan fingerprint density at radius 2 is 1.88 bits per heavy atom. The normalized spacial score (nSPS) is 20.7. The van der Waals surface area contributed by atoms with E-state index in [4.69, 9.17) is 0 Å². The molecule has 2 aromatic carbocycles. The maximum absolute atomic E-state index is 12.5. The molecule has 126 valence electrons. The van der Waals surface area contributed by atoms with Gasteiger partial charge in [0, 0.05) is 18.8 Å². The average molecular weight is 324 g/mol. The van der Waals surface area contributed by atoms with E-state index in [-0.39, 0.29) is 11.9 Å². The largest absolute Gasteiger partial charge is 0.391 e. The van der Waals surface area contributed by atoms with Gasteiger partial charge in [0.1, 0.15) is 0 Å². The number of piperidine rings is 1. The second-order valence-corrected chi connectivity index (χ2v) is 6.53. The zero-order valence-electron chi connectivity index (χ0n) is 14.0. The van der Waals surface area contributed by atoms with E-state index in [1.54, 1.807) is 4.90 Å². The van der Waals surface area contributed by atoms with Crippen molar-refractivity contribution >= 4 is 11.7 Å². The highest BCUT2D eigenvalue weighted by Gasteiger charge is 2.27. The minimum Gasteiger partial charge on any atom is -0.391 e. The molecule has 0 aliphatic carbocycles. The smallest absolute Gasteiger partial charge is 0.321 e. The Kier molecular flexibility index (Phi) is 5.16. The van der Waals surface area contributed by atoms with E-state index < -0.39 is 6.10 Å². The van der Waals surface area contributed by atoms with Crippen LogP contribution in [0, 0.1) is 5.92 Å². The summed E-state index contributed by atoms with van der Waals surface area (Å²) < 4.78 is 0. The number of β-amino-alcohol motifs (C(OH)–C–C–N with tert-alkyl or cyclic N) is 1. The number of anilines is 1. The second-order valence-electron chi connectivity index (χ2n) is 6.53. The molecule has 24 heavy (non-hydrogen) atoms. The molecule has 1 fully saturated rings. The van der Waals surface area contributed by atoms with Crippen LogP contribution in [0.4, 0.5) is 10.5 Å². The molecule has 2 atom stereocenters. The number of urea groups is 1. The standard InChI is InChI=1S/C20H24N2O2/c1-15-11-12-22(14-19(15)23)20(24)21-18-10-6-5-9-17(18)13-16-7-3-2-4-8-16/h2-10,15,19,23H,11-14H2,1H3,(H,21,24). The number of rotatable bonds is 3. The molecular weight excluding hydrogens is 300 g/mol. The average Bonchev–Trinajstić information content (AvgIpc) is 2.60. The van der Waals surface area contributed by atoms with Crippen LogP contribution in [0.25, 0.3) is 0 Å². The van der Waals surface area contributed by atoms with Crippen molar-refractivity contribution in [2.75, 3.05) is 18.4 Å². The molecule has 0 bridgehead atoms. The van der Waals surface area contributed by atoms with Crippen LogP contribution in [-0.4, -0.2) is 35.2 Å². The lowest BCUT2D eigenvalue weighted by Crippen LogP contribution is -2.47. The van der Waals surface area contributed by atoms with Crippen LogP contribution in [0.2, 0.25) is 0 Å². The molecule has 0 saturated carbocycles. The summed E-state index contributed by atoms with van der Waals surface area (Å²) >= 11 is 0. The fraction of sp³-hybridized carbons (Fsp3) is 0.350. The summed E-state index contributed by atoms with van der Waals surface area (Å²) in [5.41, 5.74) is 3.13. The molecule has 4 nitrogen and oxygen atoms in total. The molecule has 1 aliphatic rings. The van der Waals surface area contributed by atoms with Crippen LogP contribution in [0.3, 0.4) is 0 Å². The van der Waals surface area contributed by atoms with E-state index in [9.17, 15) is 9.90 Å². The molecule has 4 heteroatoms. The minimum atomic E-state index is -0.441. The van der Waals surface area contributed by atoms with Gasteiger partial charge in [0.25, 0.3) is 0 Å². The zero-order chi connectivity index (χ0) is 16.9. The van der Waals surface area contributed by atoms with Crippen molar-refractivity contribution in [1.82, 2.24) is 4.90 Å². The Labute approximate surface area is 143 Å². The van der Waals surface area contributed by atoms with Crippen LogP contribution in [0.15, 0.2) is 54.6 Å². The fourth-order valence-electron chi connectivity index (χ4n) is 3.04. The van der Waals surface area contributed by atoms with E-state index in [0.717, 1.165) is 24.1 Å². The van der Waals surface area contributed by atoms with E-state index in [2.05, 4.69) is 17.4 Å². The number of aliphatic hydroxyl groups excluding tert-OH is 1. The molecule has 2 unspecified atom stereocenters. The van der Waals surface area contributed by atoms with Gasteiger partial charge in [-0.25, -0.2) is 4.79 Å². The van der Waals surface area contributed by atoms with Crippen molar-refractivity contribution < 1.29 is 9.90 Å². The van der Waals surface area contributed by atoms with E-state index in [1.165, 1.54) is 5.56 Å². The molecule has 0 spiro atoms. The Morgan fingerprint density at radius 3 is 2.62 bits per heavy atom. The number of hydrogen-bond donors (Lipinski definition) is 2. The van der Waals surface area contributed by atoms with Gasteiger partial charge in [0.05, 0.1) is 6.10 Å². The molecule has 2 N–H and O–H groups in total. The summed E-state index contributed by atoms with van der Waals surface area (Å²) in [6.07, 6.45) is 1.17. The Hall–Kier alpha value is -2.33. The Morgan fingerprint density at radius 1 is 1.17 bits per heavy atom. The van der Waals surface area contributed by atoms with Crippen molar-refractivity contribution in [3.63, 3.8) is 0 Å². The van der Waals surface area contributed by atoms with Crippen LogP contribution >= 0.6 is 0 Å². The number of likely N-dealkylation sites (tertiary alicyclic amines) is 1. The molecule has 1 heterocycles. The van der Waals surface area contributed by atoms with Crippen molar-refractivity contribution in [3.05, 3.63) is 65.7 Å². The van der Waals surface area contributed by atoms with Crippen LogP contribution in [0.5, 0.6) is 0 Å². The lowest BCUT2D eigenvalue weighted by Gasteiger charge is -2.34. The topological polar surface area (TPSA) is 52.6 Å². The number of para-hydroxylation sites is 1. The van der Waals surface area contributed by atoms with Crippen molar-refractivity contribution in [3.8, 4) is 0 Å². The number of carbonyl (C=O) groups is 1. The third-order valence-corrected chi connectivity index (χ3v) is 4.70. The highest BCUT2D eigenvalue weighted by Crippen LogP contribution is 2.21. The Balaban J connectivity index is 1.70. The van der Waals surface area contributed by atoms with Gasteiger partial charge >= 0.3 is 6.03 Å². The number of nitrogens with one attached hydrogen (secondary N) is 1. The van der Waals surface area contributed by atoms with Gasteiger partial charge in [-0.3, -0.25) is 0 Å². The van der Waals surface area contributed by atoms with Gasteiger partial charge in [-0.2, -0.15) is 0 Å². The number of aliphatic hydroxyl groups is 1. The van der Waals surface area contributed by atoms with E-state index in [0.29, 0.717) is 13.1 Å². The number of hydrogen-bond acceptors (Lipinski definition) is 2. The number of nitrogens with zero attached hydrogens (tertiary/aromatic N) is 1. The third kappa shape index (κ3) is 3.95. The first kappa shape index (κ1) is 16.5. The minimum absolute atomic E-state index is 0.138. The monoisotopic (exact) mass is 324 g/mol. The van der Waals surface area contributed by atoms with Crippen molar-refractivity contribution in [2.45, 2.75) is 25.9 Å². The van der Waals surface area contributed by atoms with Gasteiger partial charge < -0.3 is 15.3 Å². The van der Waals surface area contributed by atoms with E-state index in [1.807, 2.05) is 49.4 Å². The lowest BCUT2D eigenvalue weighted by atomic mass is 9.96. The molecule has 1 saturated heterocycles. The maximum Gasteiger partial charge on any atom is 0.321 e. The molecule has 2 aromatic rings. The molecule has 0 aromatic heterocycles. The first-order valence-corrected chi connectivity index (χ1v) is 8.49. The lowest BCUT2D eigenvalue weighted by molar-refractivity contribution is 0.0464. The first-order valence-electron chi connectivity index (χ1n) is 8.49. The van der Waals surface area contributed by atoms with Gasteiger partial charge in [-0.1, -0.05) is 55.5 Å². The highest BCUT2D eigenvalue weighted by molar-refractivity contribution is 5.90. The van der Waals surface area contributed by atoms with Crippen LogP contribution in [-0.2, 0) is 6.42 Å². The predicted octanol–water partition coefficient (Wildman–Crippen LogP) is 3.51. The third-order valence-electron chi connectivity index (χ3n) is 4.70. The molecule has 1 aliphatic heterocycles. The number of benzene rings is 2. The number of amides is 2. The van der Waals surface area contributed by atoms with Gasteiger partial charge in [-0.05, 0) is 36.0 Å². The van der Waals surface area contributed by atoms with Crippen LogP contribution in [0.1, 0.15) is 24.5 Å². The number of carbonyl (C=O) groups excluding carboxylic acids is 1. The van der Waals surface area contributed by atoms with Crippen LogP contribution < -0.4 is 5.32 Å². The van der Waals surface area contributed by atoms with Crippen molar-refractivity contribution in [1.29, 1.82) is 0 Å². The summed E-state index contributed by atoms with van der Waals surface area (Å²) in [6, 6.07) is 18.0. The van der Waals surface area contributed by atoms with Gasteiger partial charge in [0.15, 0.2) is 0 Å². The molecular formula is C20H24N2O2. The summed E-state index contributed by atoms with van der Waals surface area (Å²) in [5, 5.41) is 13.0. The summed E-state index contributed by atoms with van der Waals surface area (Å²) in [5.74, 6) is 0.249. The molecule has 3 rings (SSSR count). The predicted molar refractivity (Wildman–Crippen MR) is 96.1 cm³/mol. The highest BCUT2D eigenvalue weighted by atomic mass is 16.3.